The molecule has 5 nitrogen and oxygen atoms in total. The third-order valence-corrected chi connectivity index (χ3v) is 5.05. The molecule has 1 fully saturated rings. The van der Waals surface area contributed by atoms with E-state index in [1.165, 1.54) is 43.0 Å². The lowest BCUT2D eigenvalue weighted by molar-refractivity contribution is -0.137. The molecule has 0 bridgehead atoms. The molecule has 0 unspecified atom stereocenters. The predicted molar refractivity (Wildman–Crippen MR) is 104 cm³/mol. The van der Waals surface area contributed by atoms with Crippen molar-refractivity contribution in [3.63, 3.8) is 0 Å². The minimum Gasteiger partial charge on any atom is -0.303 e. The van der Waals surface area contributed by atoms with E-state index in [2.05, 4.69) is 0 Å². The Morgan fingerprint density at radius 1 is 1.00 bits per heavy atom. The van der Waals surface area contributed by atoms with E-state index in [0.717, 1.165) is 17.0 Å². The number of nitrogens with zero attached hydrogens (tertiary/aromatic N) is 4. The SMILES string of the molecule is CC1(C)C(=O)N(c2ccc(C#N)c(C(F)(F)F)c2)C(=S)N1c1ccc(C#N)c(F)c1. The molecule has 0 radical (unpaired) electrons. The highest BCUT2D eigenvalue weighted by Gasteiger charge is 2.50. The monoisotopic (exact) mass is 432 g/mol. The Morgan fingerprint density at radius 2 is 1.57 bits per heavy atom. The highest BCUT2D eigenvalue weighted by Crippen LogP contribution is 2.39. The molecule has 3 rings (SSSR count). The summed E-state index contributed by atoms with van der Waals surface area (Å²) in [5.41, 5.74) is -3.33. The Labute approximate surface area is 174 Å². The third kappa shape index (κ3) is 3.25. The molecule has 1 amide bonds. The number of thiocarbonyl (C=S) groups is 1. The van der Waals surface area contributed by atoms with Crippen LogP contribution in [0.15, 0.2) is 36.4 Å². The average Bonchev–Trinajstić information content (AvgIpc) is 2.85. The lowest BCUT2D eigenvalue weighted by atomic mass is 10.0. The molecule has 10 heteroatoms. The van der Waals surface area contributed by atoms with Crippen molar-refractivity contribution in [3.8, 4) is 12.1 Å². The van der Waals surface area contributed by atoms with Crippen LogP contribution in [0.4, 0.5) is 28.9 Å². The van der Waals surface area contributed by atoms with Crippen LogP contribution >= 0.6 is 12.2 Å². The fourth-order valence-electron chi connectivity index (χ4n) is 3.19. The first-order chi connectivity index (χ1) is 13.9. The Morgan fingerprint density at radius 3 is 2.10 bits per heavy atom. The van der Waals surface area contributed by atoms with Crippen LogP contribution in [-0.4, -0.2) is 16.6 Å². The summed E-state index contributed by atoms with van der Waals surface area (Å²) in [6.07, 6.45) is -4.81. The molecular formula is C20H12F4N4OS. The van der Waals surface area contributed by atoms with E-state index in [0.29, 0.717) is 6.07 Å². The Hall–Kier alpha value is -3.50. The second-order valence-electron chi connectivity index (χ2n) is 6.93. The maximum Gasteiger partial charge on any atom is 0.417 e. The number of carbonyl (C=O) groups is 1. The van der Waals surface area contributed by atoms with Crippen LogP contribution in [0.2, 0.25) is 0 Å². The summed E-state index contributed by atoms with van der Waals surface area (Å²) in [7, 11) is 0. The number of rotatable bonds is 2. The normalized spacial score (nSPS) is 15.9. The second kappa shape index (κ2) is 7.08. The van der Waals surface area contributed by atoms with Crippen molar-refractivity contribution >= 4 is 34.6 Å². The molecule has 1 heterocycles. The number of halogens is 4. The first-order valence-electron chi connectivity index (χ1n) is 8.43. The summed E-state index contributed by atoms with van der Waals surface area (Å²) < 4.78 is 54.1. The minimum atomic E-state index is -4.81. The van der Waals surface area contributed by atoms with Crippen molar-refractivity contribution in [3.05, 3.63) is 58.9 Å². The quantitative estimate of drug-likeness (QED) is 0.516. The van der Waals surface area contributed by atoms with Crippen LogP contribution in [0.3, 0.4) is 0 Å². The van der Waals surface area contributed by atoms with Gasteiger partial charge in [0.05, 0.1) is 28.4 Å². The number of benzene rings is 2. The van der Waals surface area contributed by atoms with Gasteiger partial charge in [-0.3, -0.25) is 9.69 Å². The summed E-state index contributed by atoms with van der Waals surface area (Å²) in [4.78, 5) is 15.3. The number of hydrogen-bond acceptors (Lipinski definition) is 4. The average molecular weight is 432 g/mol. The number of anilines is 2. The van der Waals surface area contributed by atoms with Crippen LogP contribution in [0, 0.1) is 28.5 Å². The Balaban J connectivity index is 2.13. The molecule has 1 aliphatic rings. The predicted octanol–water partition coefficient (Wildman–Crippen LogP) is 4.50. The Kier molecular flexibility index (Phi) is 5.01. The lowest BCUT2D eigenvalue weighted by Crippen LogP contribution is -2.44. The van der Waals surface area contributed by atoms with Gasteiger partial charge in [-0.15, -0.1) is 0 Å². The van der Waals surface area contributed by atoms with E-state index in [4.69, 9.17) is 22.7 Å². The molecule has 152 valence electrons. The van der Waals surface area contributed by atoms with E-state index in [9.17, 15) is 22.4 Å². The van der Waals surface area contributed by atoms with Gasteiger partial charge >= 0.3 is 6.18 Å². The molecule has 1 saturated heterocycles. The van der Waals surface area contributed by atoms with Gasteiger partial charge in [-0.25, -0.2) is 4.39 Å². The molecule has 0 N–H and O–H groups in total. The first-order valence-corrected chi connectivity index (χ1v) is 8.84. The molecule has 0 atom stereocenters. The molecule has 0 aliphatic carbocycles. The van der Waals surface area contributed by atoms with Crippen molar-refractivity contribution < 1.29 is 22.4 Å². The molecule has 1 aliphatic heterocycles. The third-order valence-electron chi connectivity index (χ3n) is 4.69. The van der Waals surface area contributed by atoms with Crippen molar-refractivity contribution in [2.75, 3.05) is 9.80 Å². The zero-order valence-corrected chi connectivity index (χ0v) is 16.4. The topological polar surface area (TPSA) is 71.1 Å². The highest BCUT2D eigenvalue weighted by molar-refractivity contribution is 7.81. The van der Waals surface area contributed by atoms with Gasteiger partial charge in [-0.05, 0) is 62.5 Å². The number of amides is 1. The molecule has 2 aromatic rings. The van der Waals surface area contributed by atoms with E-state index in [1.54, 1.807) is 6.07 Å². The second-order valence-corrected chi connectivity index (χ2v) is 7.30. The van der Waals surface area contributed by atoms with Crippen molar-refractivity contribution in [2.45, 2.75) is 25.6 Å². The van der Waals surface area contributed by atoms with Gasteiger partial charge in [0.25, 0.3) is 5.91 Å². The summed E-state index contributed by atoms with van der Waals surface area (Å²) in [5.74, 6) is -1.45. The highest BCUT2D eigenvalue weighted by atomic mass is 32.1. The Bertz CT molecular complexity index is 1160. The molecular weight excluding hydrogens is 420 g/mol. The van der Waals surface area contributed by atoms with Crippen LogP contribution < -0.4 is 9.80 Å². The zero-order chi connectivity index (χ0) is 22.4. The lowest BCUT2D eigenvalue weighted by Gasteiger charge is -2.29. The maximum atomic E-state index is 14.1. The van der Waals surface area contributed by atoms with Gasteiger partial charge in [0.2, 0.25) is 0 Å². The van der Waals surface area contributed by atoms with E-state index in [-0.39, 0.29) is 22.1 Å². The van der Waals surface area contributed by atoms with Gasteiger partial charge in [0.1, 0.15) is 17.4 Å². The summed E-state index contributed by atoms with van der Waals surface area (Å²) in [6.45, 7) is 2.98. The summed E-state index contributed by atoms with van der Waals surface area (Å²) >= 11 is 5.35. The maximum absolute atomic E-state index is 14.1. The van der Waals surface area contributed by atoms with Gasteiger partial charge in [0, 0.05) is 5.69 Å². The fraction of sp³-hybridized carbons (Fsp3) is 0.200. The standard InChI is InChI=1S/C20H12F4N4OS/c1-19(2)17(29)27(13-5-3-11(9-25)15(7-13)20(22,23)24)18(30)28(19)14-6-4-12(10-26)16(21)8-14/h3-8H,1-2H3. The van der Waals surface area contributed by atoms with E-state index >= 15 is 0 Å². The number of nitriles is 2. The largest absolute Gasteiger partial charge is 0.417 e. The number of hydrogen-bond donors (Lipinski definition) is 0. The number of carbonyl (C=O) groups excluding carboxylic acids is 1. The summed E-state index contributed by atoms with van der Waals surface area (Å²) in [5, 5.41) is 17.7. The minimum absolute atomic E-state index is 0.160. The van der Waals surface area contributed by atoms with Crippen LogP contribution in [0.25, 0.3) is 0 Å². The molecule has 2 aromatic carbocycles. The molecule has 0 spiro atoms. The van der Waals surface area contributed by atoms with Gasteiger partial charge in [-0.1, -0.05) is 0 Å². The van der Waals surface area contributed by atoms with Crippen LogP contribution in [0.5, 0.6) is 0 Å². The molecule has 0 aromatic heterocycles. The fourth-order valence-corrected chi connectivity index (χ4v) is 3.72. The molecule has 0 saturated carbocycles. The smallest absolute Gasteiger partial charge is 0.303 e. The van der Waals surface area contributed by atoms with Gasteiger partial charge < -0.3 is 4.90 Å². The van der Waals surface area contributed by atoms with Crippen molar-refractivity contribution in [1.29, 1.82) is 10.5 Å². The number of alkyl halides is 3. The first kappa shape index (κ1) is 21.2. The van der Waals surface area contributed by atoms with Gasteiger partial charge in [0.15, 0.2) is 5.11 Å². The van der Waals surface area contributed by atoms with Crippen molar-refractivity contribution in [1.82, 2.24) is 0 Å². The van der Waals surface area contributed by atoms with Crippen LogP contribution in [0.1, 0.15) is 30.5 Å². The zero-order valence-electron chi connectivity index (χ0n) is 15.6. The molecule has 30 heavy (non-hydrogen) atoms. The van der Waals surface area contributed by atoms with Crippen molar-refractivity contribution in [2.24, 2.45) is 0 Å². The summed E-state index contributed by atoms with van der Waals surface area (Å²) in [6, 6.07) is 9.64. The van der Waals surface area contributed by atoms with E-state index in [1.807, 2.05) is 0 Å². The van der Waals surface area contributed by atoms with Gasteiger partial charge in [-0.2, -0.15) is 23.7 Å². The van der Waals surface area contributed by atoms with E-state index < -0.39 is 34.6 Å². The van der Waals surface area contributed by atoms with Crippen LogP contribution in [-0.2, 0) is 11.0 Å².